The molecule has 0 aliphatic rings. The fraction of sp³-hybridized carbons (Fsp3) is 0.333. The molecule has 0 saturated heterocycles. The molecule has 2 aromatic rings. The third kappa shape index (κ3) is 6.28. The van der Waals surface area contributed by atoms with Crippen LogP contribution in [0.15, 0.2) is 48.5 Å². The van der Waals surface area contributed by atoms with Gasteiger partial charge >= 0.3 is 12.1 Å². The molecule has 0 radical (unpaired) electrons. The minimum Gasteiger partial charge on any atom is -0.496 e. The third-order valence-electron chi connectivity index (χ3n) is 4.08. The van der Waals surface area contributed by atoms with E-state index in [1.807, 2.05) is 42.5 Å². The summed E-state index contributed by atoms with van der Waals surface area (Å²) in [5.41, 5.74) is 2.52. The molecule has 0 aliphatic carbocycles. The quantitative estimate of drug-likeness (QED) is 0.666. The highest BCUT2D eigenvalue weighted by Crippen LogP contribution is 2.21. The molecule has 7 nitrogen and oxygen atoms in total. The highest BCUT2D eigenvalue weighted by atomic mass is 16.6. The van der Waals surface area contributed by atoms with E-state index in [2.05, 4.69) is 5.32 Å². The van der Waals surface area contributed by atoms with Crippen molar-refractivity contribution in [3.8, 4) is 5.75 Å². The number of rotatable bonds is 9. The third-order valence-corrected chi connectivity index (χ3v) is 4.08. The number of hydrogen-bond donors (Lipinski definition) is 1. The first-order chi connectivity index (χ1) is 13.6. The Morgan fingerprint density at radius 3 is 2.36 bits per heavy atom. The lowest BCUT2D eigenvalue weighted by Crippen LogP contribution is -2.43. The van der Waals surface area contributed by atoms with Gasteiger partial charge in [0.25, 0.3) is 0 Å². The van der Waals surface area contributed by atoms with Gasteiger partial charge in [-0.3, -0.25) is 0 Å². The Hall–Kier alpha value is -3.06. The van der Waals surface area contributed by atoms with Crippen LogP contribution < -0.4 is 10.1 Å². The van der Waals surface area contributed by atoms with Crippen LogP contribution in [-0.2, 0) is 38.6 Å². The summed E-state index contributed by atoms with van der Waals surface area (Å²) in [6.07, 6.45) is -0.446. The van der Waals surface area contributed by atoms with Crippen LogP contribution >= 0.6 is 0 Å². The summed E-state index contributed by atoms with van der Waals surface area (Å²) in [6.45, 7) is 0.480. The van der Waals surface area contributed by atoms with Gasteiger partial charge in [0, 0.05) is 19.1 Å². The number of methoxy groups -OCH3 is 3. The summed E-state index contributed by atoms with van der Waals surface area (Å²) in [5, 5.41) is 2.57. The van der Waals surface area contributed by atoms with Crippen molar-refractivity contribution in [2.24, 2.45) is 0 Å². The van der Waals surface area contributed by atoms with E-state index in [-0.39, 0.29) is 13.0 Å². The van der Waals surface area contributed by atoms with Gasteiger partial charge in [0.1, 0.15) is 18.4 Å². The van der Waals surface area contributed by atoms with Crippen LogP contribution in [0.25, 0.3) is 0 Å². The number of benzene rings is 2. The predicted octanol–water partition coefficient (Wildman–Crippen LogP) is 2.85. The maximum atomic E-state index is 12.1. The summed E-state index contributed by atoms with van der Waals surface area (Å²) in [5.74, 6) is 0.135. The van der Waals surface area contributed by atoms with Gasteiger partial charge in [-0.25, -0.2) is 9.59 Å². The minimum atomic E-state index is -0.878. The molecule has 7 heteroatoms. The molecule has 0 unspecified atom stereocenters. The number of ether oxygens (including phenoxy) is 4. The average Bonchev–Trinajstić information content (AvgIpc) is 2.72. The topological polar surface area (TPSA) is 83.1 Å². The van der Waals surface area contributed by atoms with E-state index in [0.29, 0.717) is 12.4 Å². The van der Waals surface area contributed by atoms with E-state index in [0.717, 1.165) is 16.7 Å². The number of hydrogen-bond acceptors (Lipinski definition) is 6. The summed E-state index contributed by atoms with van der Waals surface area (Å²) < 4.78 is 20.5. The molecule has 0 saturated carbocycles. The lowest BCUT2D eigenvalue weighted by Gasteiger charge is -2.17. The number of amides is 1. The Kier molecular flexibility index (Phi) is 8.30. The van der Waals surface area contributed by atoms with Crippen molar-refractivity contribution in [3.63, 3.8) is 0 Å². The molecule has 0 aliphatic heterocycles. The van der Waals surface area contributed by atoms with Crippen molar-refractivity contribution in [2.75, 3.05) is 21.3 Å². The van der Waals surface area contributed by atoms with E-state index in [9.17, 15) is 9.59 Å². The van der Waals surface area contributed by atoms with Gasteiger partial charge in [-0.2, -0.15) is 0 Å². The second kappa shape index (κ2) is 10.9. The summed E-state index contributed by atoms with van der Waals surface area (Å²) in [6, 6.07) is 13.9. The SMILES string of the molecule is COCc1cc(C[C@H](NC(=O)OCc2ccccc2)C(=O)OC)ccc1OC. The average molecular weight is 387 g/mol. The van der Waals surface area contributed by atoms with E-state index < -0.39 is 18.1 Å². The molecule has 0 spiro atoms. The maximum absolute atomic E-state index is 12.1. The van der Waals surface area contributed by atoms with Gasteiger partial charge in [-0.05, 0) is 23.3 Å². The molecular formula is C21H25NO6. The summed E-state index contributed by atoms with van der Waals surface area (Å²) >= 11 is 0. The molecule has 2 rings (SSSR count). The minimum absolute atomic E-state index is 0.112. The zero-order valence-electron chi connectivity index (χ0n) is 16.3. The molecule has 2 aromatic carbocycles. The van der Waals surface area contributed by atoms with Gasteiger partial charge in [0.2, 0.25) is 0 Å². The monoisotopic (exact) mass is 387 g/mol. The molecule has 1 amide bonds. The molecule has 0 fully saturated rings. The molecular weight excluding hydrogens is 362 g/mol. The van der Waals surface area contributed by atoms with Crippen LogP contribution in [0, 0.1) is 0 Å². The normalized spacial score (nSPS) is 11.4. The van der Waals surface area contributed by atoms with Gasteiger partial charge in [0.05, 0.1) is 20.8 Å². The Morgan fingerprint density at radius 1 is 0.964 bits per heavy atom. The van der Waals surface area contributed by atoms with Crippen molar-refractivity contribution in [3.05, 3.63) is 65.2 Å². The predicted molar refractivity (Wildman–Crippen MR) is 103 cm³/mol. The Bertz CT molecular complexity index is 778. The Morgan fingerprint density at radius 2 is 1.71 bits per heavy atom. The smallest absolute Gasteiger partial charge is 0.408 e. The first-order valence-electron chi connectivity index (χ1n) is 8.77. The second-order valence-electron chi connectivity index (χ2n) is 6.07. The first-order valence-corrected chi connectivity index (χ1v) is 8.77. The van der Waals surface area contributed by atoms with Gasteiger partial charge in [-0.15, -0.1) is 0 Å². The zero-order valence-corrected chi connectivity index (χ0v) is 16.3. The molecule has 0 aromatic heterocycles. The van der Waals surface area contributed by atoms with Crippen LogP contribution in [0.2, 0.25) is 0 Å². The number of esters is 1. The highest BCUT2D eigenvalue weighted by Gasteiger charge is 2.23. The highest BCUT2D eigenvalue weighted by molar-refractivity contribution is 5.81. The van der Waals surface area contributed by atoms with E-state index >= 15 is 0 Å². The fourth-order valence-electron chi connectivity index (χ4n) is 2.71. The number of carbonyl (C=O) groups is 2. The maximum Gasteiger partial charge on any atom is 0.408 e. The van der Waals surface area contributed by atoms with Crippen molar-refractivity contribution in [2.45, 2.75) is 25.7 Å². The molecule has 150 valence electrons. The van der Waals surface area contributed by atoms with Crippen molar-refractivity contribution in [1.29, 1.82) is 0 Å². The van der Waals surface area contributed by atoms with E-state index in [1.165, 1.54) is 7.11 Å². The van der Waals surface area contributed by atoms with E-state index in [1.54, 1.807) is 20.3 Å². The van der Waals surface area contributed by atoms with Gasteiger partial charge in [0.15, 0.2) is 0 Å². The summed E-state index contributed by atoms with van der Waals surface area (Å²) in [7, 11) is 4.44. The van der Waals surface area contributed by atoms with Crippen LogP contribution in [-0.4, -0.2) is 39.4 Å². The molecule has 0 heterocycles. The van der Waals surface area contributed by atoms with Crippen molar-refractivity contribution in [1.82, 2.24) is 5.32 Å². The zero-order chi connectivity index (χ0) is 20.4. The number of nitrogens with one attached hydrogen (secondary N) is 1. The van der Waals surface area contributed by atoms with E-state index in [4.69, 9.17) is 18.9 Å². The van der Waals surface area contributed by atoms with Gasteiger partial charge in [-0.1, -0.05) is 36.4 Å². The van der Waals surface area contributed by atoms with Crippen LogP contribution in [0.1, 0.15) is 16.7 Å². The largest absolute Gasteiger partial charge is 0.496 e. The molecule has 1 atom stereocenters. The first kappa shape index (κ1) is 21.2. The van der Waals surface area contributed by atoms with Crippen LogP contribution in [0.5, 0.6) is 5.75 Å². The number of alkyl carbamates (subject to hydrolysis) is 1. The molecule has 0 bridgehead atoms. The van der Waals surface area contributed by atoms with Crippen molar-refractivity contribution >= 4 is 12.1 Å². The Balaban J connectivity index is 2.04. The lowest BCUT2D eigenvalue weighted by molar-refractivity contribution is -0.143. The van der Waals surface area contributed by atoms with Gasteiger partial charge < -0.3 is 24.3 Å². The Labute approximate surface area is 164 Å². The van der Waals surface area contributed by atoms with Crippen LogP contribution in [0.4, 0.5) is 4.79 Å². The molecule has 1 N–H and O–H groups in total. The molecule has 28 heavy (non-hydrogen) atoms. The van der Waals surface area contributed by atoms with Crippen LogP contribution in [0.3, 0.4) is 0 Å². The number of carbonyl (C=O) groups excluding carboxylic acids is 2. The standard InChI is InChI=1S/C21H25NO6/c1-25-14-17-11-16(9-10-19(17)26-2)12-18(20(23)27-3)22-21(24)28-13-15-7-5-4-6-8-15/h4-11,18H,12-14H2,1-3H3,(H,22,24)/t18-/m0/s1. The van der Waals surface area contributed by atoms with Crippen molar-refractivity contribution < 1.29 is 28.5 Å². The second-order valence-corrected chi connectivity index (χ2v) is 6.07. The fourth-order valence-corrected chi connectivity index (χ4v) is 2.71. The lowest BCUT2D eigenvalue weighted by atomic mass is 10.0. The summed E-state index contributed by atoms with van der Waals surface area (Å²) in [4.78, 5) is 24.2.